The van der Waals surface area contributed by atoms with Crippen LogP contribution in [0.2, 0.25) is 0 Å². The molecule has 3 aromatic heterocycles. The lowest BCUT2D eigenvalue weighted by molar-refractivity contribution is 1.21. The van der Waals surface area contributed by atoms with E-state index in [9.17, 15) is 0 Å². The van der Waals surface area contributed by atoms with Gasteiger partial charge in [-0.25, -0.2) is 15.0 Å². The lowest BCUT2D eigenvalue weighted by Crippen LogP contribution is -1.93. The monoisotopic (exact) mass is 636 g/mol. The molecule has 3 heterocycles. The first kappa shape index (κ1) is 28.3. The Morgan fingerprint density at radius 1 is 0.300 bits per heavy atom. The Bertz CT molecular complexity index is 2920. The summed E-state index contributed by atoms with van der Waals surface area (Å²) in [6.45, 7) is 0. The van der Waals surface area contributed by atoms with Gasteiger partial charge in [0.1, 0.15) is 0 Å². The average Bonchev–Trinajstić information content (AvgIpc) is 3.20. The Morgan fingerprint density at radius 2 is 0.860 bits per heavy atom. The minimum atomic E-state index is 0.831. The topological polar surface area (TPSA) is 51.6 Å². The standard InChI is InChI=1S/C46H28N4/c1-3-11-35-29(8-1)10-7-15-39(35)44-28-47-27-43(48-44)31-18-16-30(17-19-31)41-24-22-32-20-21-33-23-25-42(50-46(33)45(32)49-41)40-26-34-9-2-4-12-36(34)37-13-5-6-14-38(37)40/h1-28H. The van der Waals surface area contributed by atoms with Crippen LogP contribution in [0.15, 0.2) is 170 Å². The van der Waals surface area contributed by atoms with Crippen LogP contribution in [0.25, 0.3) is 99.2 Å². The highest BCUT2D eigenvalue weighted by atomic mass is 14.8. The Morgan fingerprint density at radius 3 is 1.64 bits per heavy atom. The van der Waals surface area contributed by atoms with Gasteiger partial charge in [-0.15, -0.1) is 0 Å². The van der Waals surface area contributed by atoms with Gasteiger partial charge in [0.05, 0.1) is 46.2 Å². The number of aromatic nitrogens is 4. The van der Waals surface area contributed by atoms with Gasteiger partial charge in [-0.05, 0) is 50.5 Å². The molecule has 0 radical (unpaired) electrons. The summed E-state index contributed by atoms with van der Waals surface area (Å²) in [6.07, 6.45) is 3.66. The van der Waals surface area contributed by atoms with Crippen molar-refractivity contribution in [3.05, 3.63) is 170 Å². The van der Waals surface area contributed by atoms with Crippen LogP contribution in [0.5, 0.6) is 0 Å². The molecule has 10 aromatic rings. The second-order valence-electron chi connectivity index (χ2n) is 12.7. The van der Waals surface area contributed by atoms with Crippen molar-refractivity contribution in [2.24, 2.45) is 0 Å². The second-order valence-corrected chi connectivity index (χ2v) is 12.7. The van der Waals surface area contributed by atoms with Crippen molar-refractivity contribution >= 4 is 54.1 Å². The highest BCUT2D eigenvalue weighted by Gasteiger charge is 2.13. The fourth-order valence-electron chi connectivity index (χ4n) is 7.24. The van der Waals surface area contributed by atoms with E-state index in [4.69, 9.17) is 15.0 Å². The normalized spacial score (nSPS) is 11.6. The van der Waals surface area contributed by atoms with Crippen LogP contribution in [0.1, 0.15) is 0 Å². The van der Waals surface area contributed by atoms with Crippen LogP contribution >= 0.6 is 0 Å². The van der Waals surface area contributed by atoms with E-state index >= 15 is 0 Å². The molecule has 50 heavy (non-hydrogen) atoms. The van der Waals surface area contributed by atoms with Gasteiger partial charge >= 0.3 is 0 Å². The number of rotatable bonds is 4. The zero-order valence-corrected chi connectivity index (χ0v) is 27.0. The van der Waals surface area contributed by atoms with E-state index in [0.717, 1.165) is 66.8 Å². The van der Waals surface area contributed by atoms with Gasteiger partial charge in [0, 0.05) is 33.0 Å². The summed E-state index contributed by atoms with van der Waals surface area (Å²) in [5.74, 6) is 0. The van der Waals surface area contributed by atoms with Crippen molar-refractivity contribution in [2.75, 3.05) is 0 Å². The molecule has 0 saturated carbocycles. The van der Waals surface area contributed by atoms with Gasteiger partial charge in [-0.3, -0.25) is 4.98 Å². The van der Waals surface area contributed by atoms with Gasteiger partial charge < -0.3 is 0 Å². The zero-order chi connectivity index (χ0) is 33.0. The van der Waals surface area contributed by atoms with Crippen molar-refractivity contribution in [2.45, 2.75) is 0 Å². The Hall–Kier alpha value is -6.78. The Balaban J connectivity index is 1.04. The minimum absolute atomic E-state index is 0.831. The highest BCUT2D eigenvalue weighted by Crippen LogP contribution is 2.36. The lowest BCUT2D eigenvalue weighted by Gasteiger charge is -2.12. The fraction of sp³-hybridized carbons (Fsp3) is 0. The van der Waals surface area contributed by atoms with Gasteiger partial charge in [-0.1, -0.05) is 140 Å². The van der Waals surface area contributed by atoms with Gasteiger partial charge in [0.2, 0.25) is 0 Å². The summed E-state index contributed by atoms with van der Waals surface area (Å²) in [5.41, 5.74) is 9.55. The summed E-state index contributed by atoms with van der Waals surface area (Å²) < 4.78 is 0. The maximum absolute atomic E-state index is 5.29. The molecule has 7 aromatic carbocycles. The summed E-state index contributed by atoms with van der Waals surface area (Å²) in [5, 5.41) is 9.36. The third kappa shape index (κ3) is 4.69. The average molecular weight is 637 g/mol. The molecule has 232 valence electrons. The van der Waals surface area contributed by atoms with Crippen molar-refractivity contribution in [3.8, 4) is 45.0 Å². The quantitative estimate of drug-likeness (QED) is 0.180. The van der Waals surface area contributed by atoms with Crippen molar-refractivity contribution in [1.82, 2.24) is 19.9 Å². The zero-order valence-electron chi connectivity index (χ0n) is 27.0. The molecule has 4 nitrogen and oxygen atoms in total. The summed E-state index contributed by atoms with van der Waals surface area (Å²) >= 11 is 0. The van der Waals surface area contributed by atoms with E-state index in [1.807, 2.05) is 12.4 Å². The smallest absolute Gasteiger partial charge is 0.0972 e. The SMILES string of the molecule is c1ccc2c(-c3cncc(-c4ccc(-c5ccc6ccc7ccc(-c8cc9ccccc9c9ccccc89)nc7c6n5)cc4)n3)cccc2c1. The molecule has 4 heteroatoms. The van der Waals surface area contributed by atoms with E-state index in [-0.39, 0.29) is 0 Å². The van der Waals surface area contributed by atoms with Crippen molar-refractivity contribution < 1.29 is 0 Å². The van der Waals surface area contributed by atoms with Crippen LogP contribution < -0.4 is 0 Å². The van der Waals surface area contributed by atoms with Crippen LogP contribution in [-0.2, 0) is 0 Å². The van der Waals surface area contributed by atoms with Gasteiger partial charge in [0.15, 0.2) is 0 Å². The molecule has 0 N–H and O–H groups in total. The summed E-state index contributed by atoms with van der Waals surface area (Å²) in [7, 11) is 0. The Kier molecular flexibility index (Phi) is 6.46. The van der Waals surface area contributed by atoms with E-state index < -0.39 is 0 Å². The highest BCUT2D eigenvalue weighted by molar-refractivity contribution is 6.14. The van der Waals surface area contributed by atoms with Crippen LogP contribution in [-0.4, -0.2) is 19.9 Å². The molecular formula is C46H28N4. The van der Waals surface area contributed by atoms with Crippen molar-refractivity contribution in [1.29, 1.82) is 0 Å². The molecule has 0 aliphatic heterocycles. The number of fused-ring (bicyclic) bond motifs is 7. The molecule has 0 atom stereocenters. The first-order valence-corrected chi connectivity index (χ1v) is 16.8. The maximum Gasteiger partial charge on any atom is 0.0972 e. The fourth-order valence-corrected chi connectivity index (χ4v) is 7.24. The third-order valence-corrected chi connectivity index (χ3v) is 9.74. The molecule has 0 fully saturated rings. The van der Waals surface area contributed by atoms with Gasteiger partial charge in [-0.2, -0.15) is 0 Å². The third-order valence-electron chi connectivity index (χ3n) is 9.74. The minimum Gasteiger partial charge on any atom is -0.260 e. The molecule has 0 amide bonds. The molecule has 0 spiro atoms. The van der Waals surface area contributed by atoms with E-state index in [2.05, 4.69) is 163 Å². The molecule has 0 saturated heterocycles. The number of nitrogens with zero attached hydrogens (tertiary/aromatic N) is 4. The predicted molar refractivity (Wildman–Crippen MR) is 207 cm³/mol. The number of hydrogen-bond acceptors (Lipinski definition) is 4. The second kappa shape index (κ2) is 11.4. The molecule has 0 unspecified atom stereocenters. The van der Waals surface area contributed by atoms with E-state index in [1.54, 1.807) is 0 Å². The summed E-state index contributed by atoms with van der Waals surface area (Å²) in [4.78, 5) is 20.1. The summed E-state index contributed by atoms with van der Waals surface area (Å²) in [6, 6.07) is 55.3. The van der Waals surface area contributed by atoms with E-state index in [0.29, 0.717) is 0 Å². The van der Waals surface area contributed by atoms with Crippen LogP contribution in [0.3, 0.4) is 0 Å². The van der Waals surface area contributed by atoms with E-state index in [1.165, 1.54) is 32.3 Å². The Labute approximate surface area is 288 Å². The molecular weight excluding hydrogens is 609 g/mol. The first-order valence-electron chi connectivity index (χ1n) is 16.8. The number of pyridine rings is 2. The molecule has 0 aliphatic carbocycles. The lowest BCUT2D eigenvalue weighted by atomic mass is 9.95. The molecule has 10 rings (SSSR count). The maximum atomic E-state index is 5.29. The van der Waals surface area contributed by atoms with Crippen LogP contribution in [0.4, 0.5) is 0 Å². The molecule has 0 bridgehead atoms. The van der Waals surface area contributed by atoms with Gasteiger partial charge in [0.25, 0.3) is 0 Å². The van der Waals surface area contributed by atoms with Crippen LogP contribution in [0, 0.1) is 0 Å². The number of benzene rings is 7. The first-order chi connectivity index (χ1) is 24.8. The van der Waals surface area contributed by atoms with Crippen molar-refractivity contribution in [3.63, 3.8) is 0 Å². The molecule has 0 aliphatic rings. The largest absolute Gasteiger partial charge is 0.260 e. The number of hydrogen-bond donors (Lipinski definition) is 0. The predicted octanol–water partition coefficient (Wildman–Crippen LogP) is 11.7.